The summed E-state index contributed by atoms with van der Waals surface area (Å²) in [6.45, 7) is 0. The monoisotopic (exact) mass is 260 g/mol. The molecule has 1 aliphatic rings. The second-order valence-corrected chi connectivity index (χ2v) is 6.35. The molecular weight excluding hydrogens is 252 g/mol. The molecule has 0 amide bonds. The lowest BCUT2D eigenvalue weighted by molar-refractivity contribution is -0.137. The quantitative estimate of drug-likeness (QED) is 0.875. The second-order valence-electron chi connectivity index (χ2n) is 3.72. The third-order valence-electron chi connectivity index (χ3n) is 2.62. The SMILES string of the molecule is O=C(O)CC1Cc2cc(Cl)ccc2S1(=O)=O. The van der Waals surface area contributed by atoms with Gasteiger partial charge in [-0.15, -0.1) is 0 Å². The highest BCUT2D eigenvalue weighted by molar-refractivity contribution is 7.92. The molecule has 1 aromatic carbocycles. The fourth-order valence-electron chi connectivity index (χ4n) is 1.90. The Balaban J connectivity index is 2.45. The van der Waals surface area contributed by atoms with Gasteiger partial charge in [0.15, 0.2) is 9.84 Å². The molecule has 1 heterocycles. The van der Waals surface area contributed by atoms with Crippen LogP contribution in [0, 0.1) is 0 Å². The summed E-state index contributed by atoms with van der Waals surface area (Å²) in [7, 11) is -3.50. The summed E-state index contributed by atoms with van der Waals surface area (Å²) in [4.78, 5) is 10.8. The summed E-state index contributed by atoms with van der Waals surface area (Å²) in [5.41, 5.74) is 0.610. The molecule has 4 nitrogen and oxygen atoms in total. The van der Waals surface area contributed by atoms with E-state index >= 15 is 0 Å². The predicted octanol–water partition coefficient (Wildman–Crippen LogP) is 1.51. The van der Waals surface area contributed by atoms with E-state index in [4.69, 9.17) is 16.7 Å². The zero-order valence-electron chi connectivity index (χ0n) is 8.18. The van der Waals surface area contributed by atoms with Gasteiger partial charge in [-0.05, 0) is 30.2 Å². The molecule has 1 unspecified atom stereocenters. The molecule has 0 aliphatic carbocycles. The zero-order valence-corrected chi connectivity index (χ0v) is 9.75. The summed E-state index contributed by atoms with van der Waals surface area (Å²) >= 11 is 5.76. The Morgan fingerprint density at radius 2 is 2.19 bits per heavy atom. The lowest BCUT2D eigenvalue weighted by Crippen LogP contribution is -2.20. The van der Waals surface area contributed by atoms with Crippen LogP contribution in [0.25, 0.3) is 0 Å². The topological polar surface area (TPSA) is 71.4 Å². The Kier molecular flexibility index (Phi) is 2.67. The smallest absolute Gasteiger partial charge is 0.304 e. The maximum absolute atomic E-state index is 11.9. The minimum Gasteiger partial charge on any atom is -0.481 e. The Morgan fingerprint density at radius 3 is 2.81 bits per heavy atom. The Labute approximate surface area is 97.8 Å². The van der Waals surface area contributed by atoms with Crippen LogP contribution in [-0.2, 0) is 21.1 Å². The van der Waals surface area contributed by atoms with Crippen LogP contribution in [0.1, 0.15) is 12.0 Å². The van der Waals surface area contributed by atoms with E-state index in [1.54, 1.807) is 6.07 Å². The van der Waals surface area contributed by atoms with Gasteiger partial charge >= 0.3 is 5.97 Å². The van der Waals surface area contributed by atoms with E-state index in [0.717, 1.165) is 0 Å². The average molecular weight is 261 g/mol. The van der Waals surface area contributed by atoms with Gasteiger partial charge in [-0.25, -0.2) is 8.42 Å². The van der Waals surface area contributed by atoms with Crippen LogP contribution in [0.4, 0.5) is 0 Å². The molecule has 0 saturated heterocycles. The number of hydrogen-bond donors (Lipinski definition) is 1. The predicted molar refractivity (Wildman–Crippen MR) is 58.4 cm³/mol. The van der Waals surface area contributed by atoms with Gasteiger partial charge in [0, 0.05) is 5.02 Å². The standard InChI is InChI=1S/C10H9ClO4S/c11-7-1-2-9-6(3-7)4-8(5-10(12)13)16(9,14)15/h1-3,8H,4-5H2,(H,12,13). The minimum atomic E-state index is -3.50. The van der Waals surface area contributed by atoms with E-state index in [9.17, 15) is 13.2 Å². The fourth-order valence-corrected chi connectivity index (χ4v) is 3.98. The van der Waals surface area contributed by atoms with Crippen molar-refractivity contribution in [3.63, 3.8) is 0 Å². The van der Waals surface area contributed by atoms with E-state index < -0.39 is 21.1 Å². The van der Waals surface area contributed by atoms with E-state index in [1.807, 2.05) is 0 Å². The van der Waals surface area contributed by atoms with Crippen LogP contribution < -0.4 is 0 Å². The maximum atomic E-state index is 11.9. The zero-order chi connectivity index (χ0) is 11.9. The van der Waals surface area contributed by atoms with Crippen molar-refractivity contribution >= 4 is 27.4 Å². The van der Waals surface area contributed by atoms with E-state index in [2.05, 4.69) is 0 Å². The van der Waals surface area contributed by atoms with Gasteiger partial charge in [0.1, 0.15) is 0 Å². The Hall–Kier alpha value is -1.07. The second kappa shape index (κ2) is 3.75. The first kappa shape index (κ1) is 11.4. The van der Waals surface area contributed by atoms with Crippen LogP contribution in [0.2, 0.25) is 5.02 Å². The van der Waals surface area contributed by atoms with Gasteiger partial charge in [0.25, 0.3) is 0 Å². The molecule has 0 saturated carbocycles. The van der Waals surface area contributed by atoms with Crippen molar-refractivity contribution in [2.75, 3.05) is 0 Å². The molecule has 6 heteroatoms. The molecule has 0 bridgehead atoms. The molecule has 1 aromatic rings. The molecule has 1 N–H and O–H groups in total. The van der Waals surface area contributed by atoms with Crippen molar-refractivity contribution in [2.24, 2.45) is 0 Å². The van der Waals surface area contributed by atoms with Gasteiger partial charge in [-0.1, -0.05) is 11.6 Å². The van der Waals surface area contributed by atoms with Crippen LogP contribution in [0.5, 0.6) is 0 Å². The maximum Gasteiger partial charge on any atom is 0.304 e. The van der Waals surface area contributed by atoms with E-state index in [0.29, 0.717) is 10.6 Å². The molecule has 86 valence electrons. The fraction of sp³-hybridized carbons (Fsp3) is 0.300. The Bertz CT molecular complexity index is 550. The van der Waals surface area contributed by atoms with Gasteiger partial charge in [-0.3, -0.25) is 4.79 Å². The number of hydrogen-bond acceptors (Lipinski definition) is 3. The van der Waals surface area contributed by atoms with Crippen molar-refractivity contribution in [1.82, 2.24) is 0 Å². The molecular formula is C10H9ClO4S. The van der Waals surface area contributed by atoms with Gasteiger partial charge < -0.3 is 5.11 Å². The molecule has 0 fully saturated rings. The molecule has 2 rings (SSSR count). The van der Waals surface area contributed by atoms with Gasteiger partial charge in [-0.2, -0.15) is 0 Å². The van der Waals surface area contributed by atoms with Crippen molar-refractivity contribution in [1.29, 1.82) is 0 Å². The number of carboxylic acid groups (broad SMARTS) is 1. The number of sulfone groups is 1. The summed E-state index contributed by atoms with van der Waals surface area (Å²) in [5, 5.41) is 8.25. The number of carbonyl (C=O) groups is 1. The number of rotatable bonds is 2. The number of carboxylic acids is 1. The minimum absolute atomic E-state index is 0.211. The third kappa shape index (κ3) is 1.81. The van der Waals surface area contributed by atoms with Crippen LogP contribution in [0.3, 0.4) is 0 Å². The van der Waals surface area contributed by atoms with Crippen molar-refractivity contribution in [3.8, 4) is 0 Å². The number of fused-ring (bicyclic) bond motifs is 1. The number of benzene rings is 1. The highest BCUT2D eigenvalue weighted by Gasteiger charge is 2.38. The summed E-state index contributed by atoms with van der Waals surface area (Å²) < 4.78 is 23.8. The normalized spacial score (nSPS) is 21.7. The highest BCUT2D eigenvalue weighted by atomic mass is 35.5. The van der Waals surface area contributed by atoms with E-state index in [1.165, 1.54) is 12.1 Å². The third-order valence-corrected chi connectivity index (χ3v) is 5.08. The highest BCUT2D eigenvalue weighted by Crippen LogP contribution is 2.34. The van der Waals surface area contributed by atoms with E-state index in [-0.39, 0.29) is 17.7 Å². The largest absolute Gasteiger partial charge is 0.481 e. The first-order valence-electron chi connectivity index (χ1n) is 4.65. The van der Waals surface area contributed by atoms with Crippen LogP contribution in [-0.4, -0.2) is 24.7 Å². The van der Waals surface area contributed by atoms with Gasteiger partial charge in [0.2, 0.25) is 0 Å². The van der Waals surface area contributed by atoms with Crippen LogP contribution in [0.15, 0.2) is 23.1 Å². The lowest BCUT2D eigenvalue weighted by Gasteiger charge is -2.04. The molecule has 0 spiro atoms. The lowest BCUT2D eigenvalue weighted by atomic mass is 10.1. The molecule has 16 heavy (non-hydrogen) atoms. The summed E-state index contributed by atoms with van der Waals surface area (Å²) in [6.07, 6.45) is -0.140. The molecule has 0 aromatic heterocycles. The van der Waals surface area contributed by atoms with Crippen molar-refractivity contribution in [2.45, 2.75) is 23.0 Å². The molecule has 1 aliphatic heterocycles. The summed E-state index contributed by atoms with van der Waals surface area (Å²) in [6, 6.07) is 4.52. The number of halogens is 1. The van der Waals surface area contributed by atoms with Gasteiger partial charge in [0.05, 0.1) is 16.6 Å². The molecule has 1 atom stereocenters. The van der Waals surface area contributed by atoms with Crippen molar-refractivity contribution in [3.05, 3.63) is 28.8 Å². The first-order chi connectivity index (χ1) is 7.41. The molecule has 0 radical (unpaired) electrons. The average Bonchev–Trinajstić information content (AvgIpc) is 2.37. The Morgan fingerprint density at radius 1 is 1.50 bits per heavy atom. The first-order valence-corrected chi connectivity index (χ1v) is 6.58. The number of aliphatic carboxylic acids is 1. The van der Waals surface area contributed by atoms with Crippen LogP contribution >= 0.6 is 11.6 Å². The summed E-state index contributed by atoms with van der Waals surface area (Å²) in [5.74, 6) is -1.10. The van der Waals surface area contributed by atoms with Crippen molar-refractivity contribution < 1.29 is 18.3 Å².